The number of aliphatic hydroxyl groups excluding tert-OH is 1. The van der Waals surface area contributed by atoms with Gasteiger partial charge in [0.1, 0.15) is 11.6 Å². The molecule has 2 N–H and O–H groups in total. The van der Waals surface area contributed by atoms with Crippen molar-refractivity contribution in [1.82, 2.24) is 15.1 Å². The van der Waals surface area contributed by atoms with Gasteiger partial charge in [-0.3, -0.25) is 19.3 Å². The molecule has 4 aliphatic heterocycles. The van der Waals surface area contributed by atoms with Crippen LogP contribution >= 0.6 is 15.9 Å². The quantitative estimate of drug-likeness (QED) is 0.210. The SMILES string of the molecule is CCOC(=O)[C@@H]1[C@H]2O[C@@]3(CC2Br)[C@H](C(=O)NCCN2CCOCC2)N(CCCCCO)C(=O)[C@@H]13. The van der Waals surface area contributed by atoms with Crippen LogP contribution in [0, 0.1) is 11.8 Å². The normalized spacial score (nSPS) is 35.0. The Morgan fingerprint density at radius 3 is 2.71 bits per heavy atom. The molecule has 4 aliphatic rings. The number of esters is 1. The molecule has 1 unspecified atom stereocenters. The van der Waals surface area contributed by atoms with E-state index >= 15 is 0 Å². The molecule has 0 aromatic heterocycles. The predicted molar refractivity (Wildman–Crippen MR) is 125 cm³/mol. The van der Waals surface area contributed by atoms with Crippen molar-refractivity contribution in [1.29, 1.82) is 0 Å². The minimum Gasteiger partial charge on any atom is -0.466 e. The van der Waals surface area contributed by atoms with Crippen molar-refractivity contribution in [3.05, 3.63) is 0 Å². The molecule has 4 heterocycles. The molecule has 34 heavy (non-hydrogen) atoms. The van der Waals surface area contributed by atoms with Gasteiger partial charge < -0.3 is 29.5 Å². The monoisotopic (exact) mass is 545 g/mol. The summed E-state index contributed by atoms with van der Waals surface area (Å²) >= 11 is 3.64. The number of hydrogen-bond donors (Lipinski definition) is 2. The van der Waals surface area contributed by atoms with Crippen LogP contribution in [-0.4, -0.2) is 114 Å². The Morgan fingerprint density at radius 1 is 1.24 bits per heavy atom. The molecule has 4 fully saturated rings. The highest BCUT2D eigenvalue weighted by Crippen LogP contribution is 2.60. The average molecular weight is 546 g/mol. The standard InChI is InChI=1S/C23H36BrN3O7/c1-2-33-22(31)16-17-21(30)27(7-4-3-5-11-28)19(23(17)14-15(24)18(16)34-23)20(29)25-6-8-26-9-12-32-13-10-26/h15-19,28H,2-14H2,1H3,(H,25,29)/t15?,16-,17+,18-,19-,23+/m0/s1. The van der Waals surface area contributed by atoms with Gasteiger partial charge in [-0.1, -0.05) is 15.9 Å². The third-order valence-electron chi connectivity index (χ3n) is 7.48. The number of hydrogen-bond acceptors (Lipinski definition) is 8. The number of alkyl halides is 1. The summed E-state index contributed by atoms with van der Waals surface area (Å²) in [6, 6.07) is -0.798. The minimum atomic E-state index is -1.05. The Bertz CT molecular complexity index is 765. The number of nitrogens with one attached hydrogen (secondary N) is 1. The van der Waals surface area contributed by atoms with Crippen LogP contribution < -0.4 is 5.32 Å². The van der Waals surface area contributed by atoms with E-state index in [1.165, 1.54) is 0 Å². The number of ether oxygens (including phenoxy) is 3. The Balaban J connectivity index is 1.53. The molecule has 4 rings (SSSR count). The average Bonchev–Trinajstić information content (AvgIpc) is 3.41. The first kappa shape index (κ1) is 25.8. The van der Waals surface area contributed by atoms with Gasteiger partial charge in [0, 0.05) is 44.2 Å². The fourth-order valence-corrected chi connectivity index (χ4v) is 6.95. The molecule has 2 bridgehead atoms. The first-order chi connectivity index (χ1) is 16.4. The van der Waals surface area contributed by atoms with E-state index in [1.807, 2.05) is 0 Å². The summed E-state index contributed by atoms with van der Waals surface area (Å²) < 4.78 is 17.1. The van der Waals surface area contributed by atoms with Gasteiger partial charge in [0.2, 0.25) is 11.8 Å². The molecule has 0 aromatic carbocycles. The molecule has 2 amide bonds. The van der Waals surface area contributed by atoms with E-state index in [4.69, 9.17) is 19.3 Å². The highest BCUT2D eigenvalue weighted by molar-refractivity contribution is 9.09. The van der Waals surface area contributed by atoms with Crippen LogP contribution in [0.4, 0.5) is 0 Å². The zero-order valence-corrected chi connectivity index (χ0v) is 21.3. The fourth-order valence-electron chi connectivity index (χ4n) is 6.01. The smallest absolute Gasteiger partial charge is 0.312 e. The number of morpholine rings is 1. The van der Waals surface area contributed by atoms with Gasteiger partial charge in [-0.15, -0.1) is 0 Å². The van der Waals surface area contributed by atoms with Gasteiger partial charge in [0.25, 0.3) is 0 Å². The van der Waals surface area contributed by atoms with Gasteiger partial charge in [-0.25, -0.2) is 0 Å². The molecule has 192 valence electrons. The van der Waals surface area contributed by atoms with Crippen LogP contribution in [0.2, 0.25) is 0 Å². The number of amides is 2. The molecular formula is C23H36BrN3O7. The summed E-state index contributed by atoms with van der Waals surface area (Å²) in [7, 11) is 0. The Labute approximate surface area is 208 Å². The molecule has 6 atom stereocenters. The maximum absolute atomic E-state index is 13.7. The first-order valence-electron chi connectivity index (χ1n) is 12.4. The lowest BCUT2D eigenvalue weighted by molar-refractivity contribution is -0.154. The summed E-state index contributed by atoms with van der Waals surface area (Å²) in [6.45, 7) is 6.65. The number of aliphatic hydroxyl groups is 1. The number of rotatable bonds is 11. The Morgan fingerprint density at radius 2 is 2.00 bits per heavy atom. The molecule has 0 aromatic rings. The molecule has 0 radical (unpaired) electrons. The van der Waals surface area contributed by atoms with Crippen molar-refractivity contribution in [3.8, 4) is 0 Å². The highest BCUT2D eigenvalue weighted by Gasteiger charge is 2.76. The fraction of sp³-hybridized carbons (Fsp3) is 0.870. The molecule has 10 nitrogen and oxygen atoms in total. The predicted octanol–water partition coefficient (Wildman–Crippen LogP) is -0.0915. The first-order valence-corrected chi connectivity index (χ1v) is 13.3. The number of nitrogens with zero attached hydrogens (tertiary/aromatic N) is 2. The van der Waals surface area contributed by atoms with E-state index in [0.29, 0.717) is 52.1 Å². The summed E-state index contributed by atoms with van der Waals surface area (Å²) in [5.74, 6) is -2.34. The Kier molecular flexibility index (Phi) is 8.50. The highest BCUT2D eigenvalue weighted by atomic mass is 79.9. The second kappa shape index (κ2) is 11.2. The number of carbonyl (C=O) groups is 3. The van der Waals surface area contributed by atoms with Crippen molar-refractivity contribution in [2.24, 2.45) is 11.8 Å². The van der Waals surface area contributed by atoms with Crippen molar-refractivity contribution in [2.45, 2.75) is 55.2 Å². The van der Waals surface area contributed by atoms with E-state index in [0.717, 1.165) is 19.5 Å². The zero-order valence-electron chi connectivity index (χ0n) is 19.7. The van der Waals surface area contributed by atoms with Gasteiger partial charge >= 0.3 is 5.97 Å². The molecule has 1 spiro atoms. The van der Waals surface area contributed by atoms with E-state index in [-0.39, 0.29) is 29.9 Å². The van der Waals surface area contributed by atoms with Crippen molar-refractivity contribution in [3.63, 3.8) is 0 Å². The van der Waals surface area contributed by atoms with Crippen LogP contribution in [0.25, 0.3) is 0 Å². The van der Waals surface area contributed by atoms with Crippen LogP contribution in [0.3, 0.4) is 0 Å². The molecule has 4 saturated heterocycles. The molecule has 0 saturated carbocycles. The summed E-state index contributed by atoms with van der Waals surface area (Å²) in [4.78, 5) is 43.8. The van der Waals surface area contributed by atoms with Crippen molar-refractivity contribution >= 4 is 33.7 Å². The topological polar surface area (TPSA) is 118 Å². The maximum Gasteiger partial charge on any atom is 0.312 e. The molecule has 0 aliphatic carbocycles. The van der Waals surface area contributed by atoms with E-state index in [9.17, 15) is 14.4 Å². The van der Waals surface area contributed by atoms with E-state index < -0.39 is 35.6 Å². The van der Waals surface area contributed by atoms with Crippen LogP contribution in [0.5, 0.6) is 0 Å². The lowest BCUT2D eigenvalue weighted by Crippen LogP contribution is -2.56. The number of likely N-dealkylation sites (tertiary alicyclic amines) is 1. The largest absolute Gasteiger partial charge is 0.466 e. The van der Waals surface area contributed by atoms with Gasteiger partial charge in [0.05, 0.1) is 37.8 Å². The second-order valence-corrected chi connectivity index (χ2v) is 10.7. The number of carbonyl (C=O) groups excluding carboxylic acids is 3. The lowest BCUT2D eigenvalue weighted by Gasteiger charge is -2.34. The summed E-state index contributed by atoms with van der Waals surface area (Å²) in [6.07, 6.45) is 2.04. The summed E-state index contributed by atoms with van der Waals surface area (Å²) in [5.41, 5.74) is -1.05. The van der Waals surface area contributed by atoms with Crippen LogP contribution in [-0.2, 0) is 28.6 Å². The minimum absolute atomic E-state index is 0.0902. The number of fused-ring (bicyclic) bond motifs is 1. The van der Waals surface area contributed by atoms with E-state index in [2.05, 4.69) is 26.1 Å². The lowest BCUT2D eigenvalue weighted by atomic mass is 9.70. The van der Waals surface area contributed by atoms with Gasteiger partial charge in [0.15, 0.2) is 0 Å². The zero-order chi connectivity index (χ0) is 24.3. The van der Waals surface area contributed by atoms with Crippen LogP contribution in [0.1, 0.15) is 32.6 Å². The number of unbranched alkanes of at least 4 members (excludes halogenated alkanes) is 2. The second-order valence-electron chi connectivity index (χ2n) is 9.48. The Hall–Kier alpha value is -1.27. The number of halogens is 1. The summed E-state index contributed by atoms with van der Waals surface area (Å²) in [5, 5.41) is 12.1. The van der Waals surface area contributed by atoms with Crippen LogP contribution in [0.15, 0.2) is 0 Å². The molecular weight excluding hydrogens is 510 g/mol. The van der Waals surface area contributed by atoms with Crippen molar-refractivity contribution < 1.29 is 33.7 Å². The maximum atomic E-state index is 13.7. The van der Waals surface area contributed by atoms with Crippen molar-refractivity contribution in [2.75, 3.05) is 59.2 Å². The van der Waals surface area contributed by atoms with E-state index in [1.54, 1.807) is 11.8 Å². The molecule has 11 heteroatoms. The third kappa shape index (κ3) is 4.74. The third-order valence-corrected chi connectivity index (χ3v) is 8.33. The van der Waals surface area contributed by atoms with Gasteiger partial charge in [-0.2, -0.15) is 0 Å². The van der Waals surface area contributed by atoms with Gasteiger partial charge in [-0.05, 0) is 32.6 Å².